The van der Waals surface area contributed by atoms with Gasteiger partial charge in [-0.15, -0.1) is 0 Å². The Bertz CT molecular complexity index is 1050. The zero-order valence-corrected chi connectivity index (χ0v) is 16.0. The van der Waals surface area contributed by atoms with Gasteiger partial charge in [-0.2, -0.15) is 0 Å². The summed E-state index contributed by atoms with van der Waals surface area (Å²) in [5.74, 6) is -0.746. The van der Waals surface area contributed by atoms with Crippen LogP contribution in [0.3, 0.4) is 0 Å². The number of amides is 1. The van der Waals surface area contributed by atoms with Crippen molar-refractivity contribution in [1.29, 1.82) is 0 Å². The van der Waals surface area contributed by atoms with Crippen LogP contribution in [-0.4, -0.2) is 44.9 Å². The maximum Gasteiger partial charge on any atom is 0.311 e. The lowest BCUT2D eigenvalue weighted by Crippen LogP contribution is -2.35. The molecule has 144 valence electrons. The Morgan fingerprint density at radius 2 is 2.14 bits per heavy atom. The van der Waals surface area contributed by atoms with E-state index in [2.05, 4.69) is 15.3 Å². The SMILES string of the molecule is O=C(c1cc2ccccc2[nH]1)N1CCc2nc(NCC3(C(=O)O)CC3)sc2C1. The molecule has 0 unspecified atom stereocenters. The highest BCUT2D eigenvalue weighted by Gasteiger charge is 2.50. The predicted octanol–water partition coefficient (Wildman–Crippen LogP) is 3.10. The maximum atomic E-state index is 12.9. The highest BCUT2D eigenvalue weighted by molar-refractivity contribution is 7.15. The molecule has 1 aliphatic heterocycles. The van der Waals surface area contributed by atoms with Crippen molar-refractivity contribution in [3.63, 3.8) is 0 Å². The zero-order chi connectivity index (χ0) is 19.3. The molecule has 1 amide bonds. The van der Waals surface area contributed by atoms with Crippen molar-refractivity contribution in [3.05, 3.63) is 46.6 Å². The minimum Gasteiger partial charge on any atom is -0.481 e. The second kappa shape index (κ2) is 6.34. The highest BCUT2D eigenvalue weighted by Crippen LogP contribution is 2.46. The molecule has 0 radical (unpaired) electrons. The first-order valence-electron chi connectivity index (χ1n) is 9.37. The summed E-state index contributed by atoms with van der Waals surface area (Å²) < 4.78 is 0. The minimum absolute atomic E-state index is 0.00688. The summed E-state index contributed by atoms with van der Waals surface area (Å²) in [5.41, 5.74) is 1.95. The number of nitrogens with zero attached hydrogens (tertiary/aromatic N) is 2. The monoisotopic (exact) mass is 396 g/mol. The number of aliphatic carboxylic acids is 1. The number of carbonyl (C=O) groups is 2. The van der Waals surface area contributed by atoms with Gasteiger partial charge in [0, 0.05) is 35.3 Å². The van der Waals surface area contributed by atoms with Crippen LogP contribution in [0.2, 0.25) is 0 Å². The summed E-state index contributed by atoms with van der Waals surface area (Å²) in [5, 5.41) is 14.3. The number of carboxylic acids is 1. The normalized spacial score (nSPS) is 17.4. The van der Waals surface area contributed by atoms with Crippen LogP contribution in [0.25, 0.3) is 10.9 Å². The number of nitrogens with one attached hydrogen (secondary N) is 2. The number of aromatic amines is 1. The Morgan fingerprint density at radius 3 is 2.89 bits per heavy atom. The number of para-hydroxylation sites is 1. The van der Waals surface area contributed by atoms with E-state index in [4.69, 9.17) is 0 Å². The fourth-order valence-electron chi connectivity index (χ4n) is 3.67. The first kappa shape index (κ1) is 17.2. The van der Waals surface area contributed by atoms with E-state index in [-0.39, 0.29) is 5.91 Å². The van der Waals surface area contributed by atoms with Crippen molar-refractivity contribution in [1.82, 2.24) is 14.9 Å². The van der Waals surface area contributed by atoms with Crippen LogP contribution in [0.5, 0.6) is 0 Å². The van der Waals surface area contributed by atoms with Gasteiger partial charge in [-0.3, -0.25) is 9.59 Å². The van der Waals surface area contributed by atoms with Crippen LogP contribution < -0.4 is 5.32 Å². The number of hydrogen-bond donors (Lipinski definition) is 3. The number of aromatic nitrogens is 2. The summed E-state index contributed by atoms with van der Waals surface area (Å²) >= 11 is 1.52. The van der Waals surface area contributed by atoms with Gasteiger partial charge in [0.2, 0.25) is 0 Å². The van der Waals surface area contributed by atoms with E-state index in [0.29, 0.717) is 44.6 Å². The third-order valence-electron chi connectivity index (χ3n) is 5.66. The Labute approximate surface area is 165 Å². The van der Waals surface area contributed by atoms with E-state index >= 15 is 0 Å². The minimum atomic E-state index is -0.739. The average molecular weight is 396 g/mol. The van der Waals surface area contributed by atoms with Crippen molar-refractivity contribution in [2.75, 3.05) is 18.4 Å². The van der Waals surface area contributed by atoms with Gasteiger partial charge < -0.3 is 20.3 Å². The molecule has 28 heavy (non-hydrogen) atoms. The standard InChI is InChI=1S/C20H20N4O3S/c25-17(15-9-12-3-1-2-4-13(12)22-15)24-8-5-14-16(10-24)28-19(23-14)21-11-20(6-7-20)18(26)27/h1-4,9,22H,5-8,10-11H2,(H,21,23)(H,26,27). The molecule has 8 heteroatoms. The smallest absolute Gasteiger partial charge is 0.311 e. The summed E-state index contributed by atoms with van der Waals surface area (Å²) in [7, 11) is 0. The molecule has 3 N–H and O–H groups in total. The van der Waals surface area contributed by atoms with Crippen molar-refractivity contribution >= 4 is 39.2 Å². The molecule has 1 saturated carbocycles. The van der Waals surface area contributed by atoms with Gasteiger partial charge in [0.05, 0.1) is 17.7 Å². The molecule has 1 fully saturated rings. The zero-order valence-electron chi connectivity index (χ0n) is 15.2. The number of carbonyl (C=O) groups excluding carboxylic acids is 1. The Balaban J connectivity index is 1.29. The van der Waals surface area contributed by atoms with Gasteiger partial charge in [-0.05, 0) is 25.0 Å². The highest BCUT2D eigenvalue weighted by atomic mass is 32.1. The van der Waals surface area contributed by atoms with Crippen LogP contribution in [-0.2, 0) is 17.8 Å². The molecule has 0 spiro atoms. The predicted molar refractivity (Wildman–Crippen MR) is 107 cm³/mol. The molecular formula is C20H20N4O3S. The largest absolute Gasteiger partial charge is 0.481 e. The van der Waals surface area contributed by atoms with Crippen LogP contribution in [0.1, 0.15) is 33.9 Å². The quantitative estimate of drug-likeness (QED) is 0.616. The summed E-state index contributed by atoms with van der Waals surface area (Å²) in [4.78, 5) is 35.0. The number of benzene rings is 1. The molecule has 3 heterocycles. The molecule has 2 aliphatic rings. The molecule has 1 aromatic carbocycles. The topological polar surface area (TPSA) is 98.3 Å². The van der Waals surface area contributed by atoms with Crippen LogP contribution in [0, 0.1) is 5.41 Å². The first-order chi connectivity index (χ1) is 13.5. The van der Waals surface area contributed by atoms with Gasteiger partial charge in [-0.25, -0.2) is 4.98 Å². The van der Waals surface area contributed by atoms with Gasteiger partial charge in [0.1, 0.15) is 5.69 Å². The Morgan fingerprint density at radius 1 is 1.32 bits per heavy atom. The maximum absolute atomic E-state index is 12.9. The molecule has 0 bridgehead atoms. The third-order valence-corrected chi connectivity index (χ3v) is 6.70. The van der Waals surface area contributed by atoms with Crippen LogP contribution >= 0.6 is 11.3 Å². The molecule has 0 saturated heterocycles. The first-order valence-corrected chi connectivity index (χ1v) is 10.2. The summed E-state index contributed by atoms with van der Waals surface area (Å²) in [6, 6.07) is 9.75. The fraction of sp³-hybridized carbons (Fsp3) is 0.350. The lowest BCUT2D eigenvalue weighted by molar-refractivity contribution is -0.142. The van der Waals surface area contributed by atoms with E-state index in [1.807, 2.05) is 35.2 Å². The second-order valence-electron chi connectivity index (χ2n) is 7.57. The third kappa shape index (κ3) is 2.93. The molecular weight excluding hydrogens is 376 g/mol. The number of fused-ring (bicyclic) bond motifs is 2. The van der Waals surface area contributed by atoms with Gasteiger partial charge >= 0.3 is 5.97 Å². The lowest BCUT2D eigenvalue weighted by atomic mass is 10.1. The molecule has 5 rings (SSSR count). The van der Waals surface area contributed by atoms with Crippen molar-refractivity contribution in [2.45, 2.75) is 25.8 Å². The van der Waals surface area contributed by atoms with E-state index in [1.165, 1.54) is 11.3 Å². The number of hydrogen-bond acceptors (Lipinski definition) is 5. The Kier molecular flexibility index (Phi) is 3.90. The van der Waals surface area contributed by atoms with Gasteiger partial charge in [-0.1, -0.05) is 29.5 Å². The van der Waals surface area contributed by atoms with E-state index in [0.717, 1.165) is 26.6 Å². The number of H-pyrrole nitrogens is 1. The summed E-state index contributed by atoms with van der Waals surface area (Å²) in [6.45, 7) is 1.57. The van der Waals surface area contributed by atoms with Gasteiger partial charge in [0.25, 0.3) is 5.91 Å². The number of anilines is 1. The van der Waals surface area contributed by atoms with Crippen molar-refractivity contribution < 1.29 is 14.7 Å². The van der Waals surface area contributed by atoms with Crippen molar-refractivity contribution in [3.8, 4) is 0 Å². The van der Waals surface area contributed by atoms with Gasteiger partial charge in [0.15, 0.2) is 5.13 Å². The van der Waals surface area contributed by atoms with E-state index in [1.54, 1.807) is 0 Å². The van der Waals surface area contributed by atoms with E-state index in [9.17, 15) is 14.7 Å². The molecule has 2 aromatic heterocycles. The number of carboxylic acid groups (broad SMARTS) is 1. The van der Waals surface area contributed by atoms with Crippen molar-refractivity contribution in [2.24, 2.45) is 5.41 Å². The summed E-state index contributed by atoms with van der Waals surface area (Å²) in [6.07, 6.45) is 2.14. The molecule has 1 aliphatic carbocycles. The lowest BCUT2D eigenvalue weighted by Gasteiger charge is -2.25. The van der Waals surface area contributed by atoms with E-state index < -0.39 is 11.4 Å². The molecule has 7 nitrogen and oxygen atoms in total. The molecule has 0 atom stereocenters. The average Bonchev–Trinajstić information content (AvgIpc) is 3.20. The Hall–Kier alpha value is -2.87. The number of thiazole rings is 1. The van der Waals surface area contributed by atoms with Crippen LogP contribution in [0.4, 0.5) is 5.13 Å². The second-order valence-corrected chi connectivity index (χ2v) is 8.66. The number of rotatable bonds is 5. The molecule has 3 aromatic rings. The van der Waals surface area contributed by atoms with Crippen LogP contribution in [0.15, 0.2) is 30.3 Å². The fourth-order valence-corrected chi connectivity index (χ4v) is 4.68.